The van der Waals surface area contributed by atoms with Gasteiger partial charge in [-0.25, -0.2) is 5.84 Å². The fraction of sp³-hybridized carbons (Fsp3) is 0.600. The van der Waals surface area contributed by atoms with Gasteiger partial charge in [-0.2, -0.15) is 5.10 Å². The molecule has 0 radical (unpaired) electrons. The third-order valence-corrected chi connectivity index (χ3v) is 5.37. The van der Waals surface area contributed by atoms with E-state index in [1.165, 1.54) is 70.6 Å². The van der Waals surface area contributed by atoms with Crippen molar-refractivity contribution >= 4 is 17.4 Å². The lowest BCUT2D eigenvalue weighted by molar-refractivity contribution is -0.116. The molecule has 0 aromatic heterocycles. The molecule has 0 saturated heterocycles. The molecule has 6 N–H and O–H groups in total. The van der Waals surface area contributed by atoms with Gasteiger partial charge in [0.05, 0.1) is 0 Å². The first-order valence-electron chi connectivity index (χ1n) is 12.0. The zero-order valence-corrected chi connectivity index (χ0v) is 19.4. The Morgan fingerprint density at radius 2 is 1.42 bits per heavy atom. The second kappa shape index (κ2) is 18.4. The van der Waals surface area contributed by atoms with Crippen LogP contribution in [0.5, 0.6) is 0 Å². The lowest BCUT2D eigenvalue weighted by Gasteiger charge is -2.07. The maximum Gasteiger partial charge on any atom is 0.224 e. The molecule has 0 aliphatic carbocycles. The minimum absolute atomic E-state index is 0.0510. The summed E-state index contributed by atoms with van der Waals surface area (Å²) in [6, 6.07) is 7.25. The summed E-state index contributed by atoms with van der Waals surface area (Å²) in [6.45, 7) is 2.26. The van der Waals surface area contributed by atoms with Crippen LogP contribution in [0.1, 0.15) is 102 Å². The van der Waals surface area contributed by atoms with E-state index in [4.69, 9.17) is 11.7 Å². The number of carbonyl (C=O) groups is 1. The number of benzene rings is 1. The maximum atomic E-state index is 12.1. The predicted octanol–water partition coefficient (Wildman–Crippen LogP) is 5.75. The van der Waals surface area contributed by atoms with E-state index in [1.807, 2.05) is 24.3 Å². The molecule has 174 valence electrons. The fourth-order valence-corrected chi connectivity index (χ4v) is 3.49. The van der Waals surface area contributed by atoms with E-state index >= 15 is 0 Å². The first-order chi connectivity index (χ1) is 15.2. The van der Waals surface area contributed by atoms with Crippen molar-refractivity contribution in [2.24, 2.45) is 16.8 Å². The summed E-state index contributed by atoms with van der Waals surface area (Å²) < 4.78 is 0. The van der Waals surface area contributed by atoms with Gasteiger partial charge < -0.3 is 16.6 Å². The summed E-state index contributed by atoms with van der Waals surface area (Å²) >= 11 is 0. The third-order valence-electron chi connectivity index (χ3n) is 5.37. The lowest BCUT2D eigenvalue weighted by atomic mass is 10.1. The summed E-state index contributed by atoms with van der Waals surface area (Å²) in [5, 5.41) is 6.48. The molecular formula is C25H43N5O. The van der Waals surface area contributed by atoms with Crippen molar-refractivity contribution in [3.63, 3.8) is 0 Å². The highest BCUT2D eigenvalue weighted by atomic mass is 16.1. The molecule has 1 amide bonds. The fourth-order valence-electron chi connectivity index (χ4n) is 3.49. The molecule has 0 spiro atoms. The highest BCUT2D eigenvalue weighted by molar-refractivity contribution is 5.99. The van der Waals surface area contributed by atoms with E-state index in [-0.39, 0.29) is 5.91 Å². The van der Waals surface area contributed by atoms with Crippen molar-refractivity contribution < 1.29 is 4.79 Å². The quantitative estimate of drug-likeness (QED) is 0.0632. The third kappa shape index (κ3) is 13.6. The first-order valence-corrected chi connectivity index (χ1v) is 12.0. The van der Waals surface area contributed by atoms with Crippen LogP contribution in [-0.4, -0.2) is 11.7 Å². The molecule has 0 bridgehead atoms. The van der Waals surface area contributed by atoms with Gasteiger partial charge in [-0.15, -0.1) is 0 Å². The number of hydrazone groups is 1. The van der Waals surface area contributed by atoms with Crippen molar-refractivity contribution in [2.75, 3.05) is 5.32 Å². The van der Waals surface area contributed by atoms with Gasteiger partial charge in [0, 0.05) is 17.7 Å². The number of hydrogen-bond donors (Lipinski definition) is 4. The van der Waals surface area contributed by atoms with Crippen LogP contribution >= 0.6 is 0 Å². The van der Waals surface area contributed by atoms with E-state index < -0.39 is 0 Å². The Bertz CT molecular complexity index is 640. The number of anilines is 1. The summed E-state index contributed by atoms with van der Waals surface area (Å²) in [4.78, 5) is 12.1. The molecular weight excluding hydrogens is 386 g/mol. The zero-order valence-electron chi connectivity index (χ0n) is 19.4. The molecule has 0 saturated carbocycles. The number of hydrazine groups is 1. The monoisotopic (exact) mass is 429 g/mol. The van der Waals surface area contributed by atoms with E-state index in [0.717, 1.165) is 24.1 Å². The van der Waals surface area contributed by atoms with Crippen molar-refractivity contribution in [1.82, 2.24) is 5.43 Å². The summed E-state index contributed by atoms with van der Waals surface area (Å²) in [6.07, 6.45) is 21.6. The Kier molecular flexibility index (Phi) is 15.9. The molecule has 0 fully saturated rings. The largest absolute Gasteiger partial charge is 0.326 e. The topological polar surface area (TPSA) is 106 Å². The number of amidine groups is 1. The van der Waals surface area contributed by atoms with Gasteiger partial charge in [0.25, 0.3) is 0 Å². The number of nitrogens with two attached hydrogens (primary N) is 2. The molecule has 0 heterocycles. The number of rotatable bonds is 17. The second-order valence-corrected chi connectivity index (χ2v) is 8.08. The minimum atomic E-state index is 0.0510. The van der Waals surface area contributed by atoms with Crippen LogP contribution in [0.3, 0.4) is 0 Å². The number of carbonyl (C=O) groups excluding carboxylic acids is 1. The predicted molar refractivity (Wildman–Crippen MR) is 133 cm³/mol. The summed E-state index contributed by atoms with van der Waals surface area (Å²) in [7, 11) is 0. The number of hydrogen-bond acceptors (Lipinski definition) is 4. The van der Waals surface area contributed by atoms with Crippen molar-refractivity contribution in [3.05, 3.63) is 42.0 Å². The van der Waals surface area contributed by atoms with Crippen LogP contribution in [0.4, 0.5) is 5.69 Å². The van der Waals surface area contributed by atoms with Gasteiger partial charge in [-0.1, -0.05) is 70.4 Å². The number of nitrogens with zero attached hydrogens (tertiary/aromatic N) is 1. The van der Waals surface area contributed by atoms with Crippen LogP contribution < -0.4 is 22.4 Å². The highest BCUT2D eigenvalue weighted by Crippen LogP contribution is 2.13. The summed E-state index contributed by atoms with van der Waals surface area (Å²) in [5.41, 5.74) is 3.96. The zero-order chi connectivity index (χ0) is 22.6. The average molecular weight is 430 g/mol. The highest BCUT2D eigenvalue weighted by Gasteiger charge is 2.04. The standard InChI is InChI=1S/C25H43N5O/c1-2-3-4-5-6-7-8-9-10-11-12-13-14-15-16-17-24(31)28-23-20-18-22(19-21-23)25(29-26)30-27/h9-10,18-21H,2-8,11-17,26-27H2,1H3,(H,28,31)(H,29,30)/b10-9-. The normalized spacial score (nSPS) is 11.7. The molecule has 0 atom stereocenters. The smallest absolute Gasteiger partial charge is 0.224 e. The van der Waals surface area contributed by atoms with Gasteiger partial charge in [0.15, 0.2) is 5.84 Å². The molecule has 1 aromatic rings. The number of amides is 1. The average Bonchev–Trinajstić information content (AvgIpc) is 2.78. The lowest BCUT2D eigenvalue weighted by Crippen LogP contribution is -2.32. The SMILES string of the molecule is CCCCCCCC/C=C\CCCCCCCC(=O)Nc1ccc(/C(=N/N)NN)cc1. The maximum absolute atomic E-state index is 12.1. The van der Waals surface area contributed by atoms with Crippen molar-refractivity contribution in [1.29, 1.82) is 0 Å². The Morgan fingerprint density at radius 3 is 1.97 bits per heavy atom. The van der Waals surface area contributed by atoms with Gasteiger partial charge in [-0.3, -0.25) is 4.79 Å². The molecule has 0 unspecified atom stereocenters. The van der Waals surface area contributed by atoms with E-state index in [1.54, 1.807) is 0 Å². The molecule has 6 nitrogen and oxygen atoms in total. The van der Waals surface area contributed by atoms with Gasteiger partial charge in [0.1, 0.15) is 0 Å². The Hall–Kier alpha value is -2.34. The van der Waals surface area contributed by atoms with Gasteiger partial charge in [-0.05, 0) is 56.4 Å². The van der Waals surface area contributed by atoms with Gasteiger partial charge in [0.2, 0.25) is 5.91 Å². The number of unbranched alkanes of at least 4 members (excludes halogenated alkanes) is 11. The van der Waals surface area contributed by atoms with Crippen LogP contribution in [0.2, 0.25) is 0 Å². The van der Waals surface area contributed by atoms with E-state index in [2.05, 4.69) is 34.9 Å². The van der Waals surface area contributed by atoms with Crippen LogP contribution in [-0.2, 0) is 4.79 Å². The van der Waals surface area contributed by atoms with Crippen LogP contribution in [0.15, 0.2) is 41.5 Å². The second-order valence-electron chi connectivity index (χ2n) is 8.08. The molecule has 6 heteroatoms. The minimum Gasteiger partial charge on any atom is -0.326 e. The number of nitrogens with one attached hydrogen (secondary N) is 2. The van der Waals surface area contributed by atoms with Crippen LogP contribution in [0.25, 0.3) is 0 Å². The van der Waals surface area contributed by atoms with Crippen LogP contribution in [0, 0.1) is 0 Å². The van der Waals surface area contributed by atoms with Crippen molar-refractivity contribution in [2.45, 2.75) is 96.8 Å². The molecule has 0 aliphatic rings. The molecule has 1 aromatic carbocycles. The van der Waals surface area contributed by atoms with Gasteiger partial charge >= 0.3 is 0 Å². The molecule has 31 heavy (non-hydrogen) atoms. The Labute approximate surface area is 188 Å². The number of allylic oxidation sites excluding steroid dienone is 2. The molecule has 1 rings (SSSR count). The van der Waals surface area contributed by atoms with E-state index in [0.29, 0.717) is 12.3 Å². The van der Waals surface area contributed by atoms with Crippen molar-refractivity contribution in [3.8, 4) is 0 Å². The first kappa shape index (κ1) is 26.7. The Balaban J connectivity index is 1.99. The summed E-state index contributed by atoms with van der Waals surface area (Å²) in [5.74, 6) is 11.0. The molecule has 0 aliphatic heterocycles. The Morgan fingerprint density at radius 1 is 0.871 bits per heavy atom. The van der Waals surface area contributed by atoms with E-state index in [9.17, 15) is 4.79 Å².